The largest absolute Gasteiger partial charge is 0.469 e. The summed E-state index contributed by atoms with van der Waals surface area (Å²) in [7, 11) is 3.19. The number of guanidine groups is 1. The van der Waals surface area contributed by atoms with E-state index in [1.54, 1.807) is 7.05 Å². The maximum absolute atomic E-state index is 11.4. The van der Waals surface area contributed by atoms with Crippen LogP contribution in [0, 0.1) is 11.3 Å². The smallest absolute Gasteiger partial charge is 0.310 e. The van der Waals surface area contributed by atoms with Crippen molar-refractivity contribution in [2.75, 3.05) is 47.0 Å². The maximum Gasteiger partial charge on any atom is 0.310 e. The zero-order valence-electron chi connectivity index (χ0n) is 13.1. The normalized spacial score (nSPS) is 26.6. The molecule has 0 aromatic heterocycles. The zero-order valence-corrected chi connectivity index (χ0v) is 15.4. The molecule has 0 aromatic carbocycles. The van der Waals surface area contributed by atoms with Crippen LogP contribution in [0.2, 0.25) is 0 Å². The predicted octanol–water partition coefficient (Wildman–Crippen LogP) is 1.10. The van der Waals surface area contributed by atoms with E-state index in [2.05, 4.69) is 15.2 Å². The number of hydrogen-bond donors (Lipinski definition) is 1. The molecule has 1 spiro atoms. The lowest BCUT2D eigenvalue weighted by atomic mass is 9.87. The van der Waals surface area contributed by atoms with Gasteiger partial charge in [0.05, 0.1) is 19.6 Å². The second-order valence-corrected chi connectivity index (χ2v) is 5.83. The SMILES string of the molecule is CN=C(NCC(C)C(=O)OC)N1CCC2(CCOC2)C1.I. The molecule has 2 aliphatic heterocycles. The van der Waals surface area contributed by atoms with E-state index in [0.29, 0.717) is 12.0 Å². The monoisotopic (exact) mass is 411 g/mol. The molecule has 2 fully saturated rings. The minimum atomic E-state index is -0.199. The van der Waals surface area contributed by atoms with Gasteiger partial charge < -0.3 is 19.7 Å². The van der Waals surface area contributed by atoms with Crippen LogP contribution in [0.25, 0.3) is 0 Å². The molecule has 2 heterocycles. The highest BCUT2D eigenvalue weighted by Crippen LogP contribution is 2.38. The fourth-order valence-electron chi connectivity index (χ4n) is 2.95. The number of likely N-dealkylation sites (tertiary alicyclic amines) is 1. The third kappa shape index (κ3) is 4.45. The molecule has 122 valence electrons. The van der Waals surface area contributed by atoms with Crippen LogP contribution in [-0.4, -0.2) is 63.8 Å². The van der Waals surface area contributed by atoms with Crippen molar-refractivity contribution in [1.29, 1.82) is 0 Å². The number of halogens is 1. The minimum absolute atomic E-state index is 0. The molecule has 2 aliphatic rings. The topological polar surface area (TPSA) is 63.2 Å². The first-order valence-corrected chi connectivity index (χ1v) is 7.21. The van der Waals surface area contributed by atoms with E-state index in [4.69, 9.17) is 9.47 Å². The highest BCUT2D eigenvalue weighted by Gasteiger charge is 2.42. The molecule has 2 saturated heterocycles. The number of aliphatic imine (C=N–C) groups is 1. The molecule has 0 amide bonds. The maximum atomic E-state index is 11.4. The summed E-state index contributed by atoms with van der Waals surface area (Å²) in [5.74, 6) is 0.489. The van der Waals surface area contributed by atoms with Crippen molar-refractivity contribution in [3.8, 4) is 0 Å². The van der Waals surface area contributed by atoms with E-state index in [9.17, 15) is 4.79 Å². The predicted molar refractivity (Wildman–Crippen MR) is 92.0 cm³/mol. The summed E-state index contributed by atoms with van der Waals surface area (Å²) >= 11 is 0. The molecule has 6 nitrogen and oxygen atoms in total. The molecular weight excluding hydrogens is 385 g/mol. The Morgan fingerprint density at radius 3 is 2.86 bits per heavy atom. The Kier molecular flexibility index (Phi) is 7.19. The van der Waals surface area contributed by atoms with Crippen molar-refractivity contribution in [3.63, 3.8) is 0 Å². The number of ether oxygens (including phenoxy) is 2. The van der Waals surface area contributed by atoms with Crippen molar-refractivity contribution < 1.29 is 14.3 Å². The lowest BCUT2D eigenvalue weighted by Crippen LogP contribution is -2.43. The first-order chi connectivity index (χ1) is 9.60. The van der Waals surface area contributed by atoms with E-state index in [1.807, 2.05) is 6.92 Å². The summed E-state index contributed by atoms with van der Waals surface area (Å²) in [6, 6.07) is 0. The molecule has 0 aromatic rings. The number of hydrogen-bond acceptors (Lipinski definition) is 4. The quantitative estimate of drug-likeness (QED) is 0.326. The number of carbonyl (C=O) groups excluding carboxylic acids is 1. The van der Waals surface area contributed by atoms with Crippen molar-refractivity contribution in [2.24, 2.45) is 16.3 Å². The number of nitrogens with one attached hydrogen (secondary N) is 1. The molecular formula is C14H26IN3O3. The third-order valence-electron chi connectivity index (χ3n) is 4.30. The fraction of sp³-hybridized carbons (Fsp3) is 0.857. The Morgan fingerprint density at radius 1 is 1.52 bits per heavy atom. The lowest BCUT2D eigenvalue weighted by Gasteiger charge is -2.25. The van der Waals surface area contributed by atoms with Gasteiger partial charge in [-0.2, -0.15) is 0 Å². The van der Waals surface area contributed by atoms with Gasteiger partial charge in [-0.25, -0.2) is 0 Å². The highest BCUT2D eigenvalue weighted by atomic mass is 127. The molecule has 2 atom stereocenters. The highest BCUT2D eigenvalue weighted by molar-refractivity contribution is 14.0. The Morgan fingerprint density at radius 2 is 2.29 bits per heavy atom. The molecule has 2 unspecified atom stereocenters. The van der Waals surface area contributed by atoms with E-state index in [0.717, 1.165) is 45.1 Å². The van der Waals surface area contributed by atoms with Crippen molar-refractivity contribution in [3.05, 3.63) is 0 Å². The van der Waals surface area contributed by atoms with Gasteiger partial charge in [0.25, 0.3) is 0 Å². The first-order valence-electron chi connectivity index (χ1n) is 7.21. The second kappa shape index (κ2) is 8.17. The van der Waals surface area contributed by atoms with E-state index < -0.39 is 0 Å². The number of carbonyl (C=O) groups is 1. The molecule has 7 heteroatoms. The zero-order chi connectivity index (χ0) is 14.6. The fourth-order valence-corrected chi connectivity index (χ4v) is 2.95. The van der Waals surface area contributed by atoms with Crippen LogP contribution >= 0.6 is 24.0 Å². The van der Waals surface area contributed by atoms with Gasteiger partial charge in [0.15, 0.2) is 5.96 Å². The summed E-state index contributed by atoms with van der Waals surface area (Å²) in [5.41, 5.74) is 0.311. The Hall–Kier alpha value is -0.570. The van der Waals surface area contributed by atoms with Gasteiger partial charge in [0.2, 0.25) is 0 Å². The van der Waals surface area contributed by atoms with Gasteiger partial charge >= 0.3 is 5.97 Å². The average Bonchev–Trinajstić information content (AvgIpc) is 3.09. The summed E-state index contributed by atoms with van der Waals surface area (Å²) in [4.78, 5) is 18.0. The lowest BCUT2D eigenvalue weighted by molar-refractivity contribution is -0.144. The minimum Gasteiger partial charge on any atom is -0.469 e. The van der Waals surface area contributed by atoms with Crippen LogP contribution < -0.4 is 5.32 Å². The van der Waals surface area contributed by atoms with Gasteiger partial charge in [-0.1, -0.05) is 6.92 Å². The van der Waals surface area contributed by atoms with Crippen LogP contribution in [-0.2, 0) is 14.3 Å². The molecule has 0 bridgehead atoms. The standard InChI is InChI=1S/C14H25N3O3.HI/c1-11(12(18)19-3)8-16-13(15-2)17-6-4-14(9-17)5-7-20-10-14;/h11H,4-10H2,1-3H3,(H,15,16);1H. The van der Waals surface area contributed by atoms with Crippen LogP contribution in [0.15, 0.2) is 4.99 Å². The first kappa shape index (κ1) is 18.5. The molecule has 2 rings (SSSR count). The summed E-state index contributed by atoms with van der Waals surface area (Å²) in [6.07, 6.45) is 2.29. The molecule has 0 radical (unpaired) electrons. The molecule has 0 aliphatic carbocycles. The Balaban J connectivity index is 0.00000220. The number of nitrogens with zero attached hydrogens (tertiary/aromatic N) is 2. The average molecular weight is 411 g/mol. The van der Waals surface area contributed by atoms with Crippen LogP contribution in [0.3, 0.4) is 0 Å². The molecule has 21 heavy (non-hydrogen) atoms. The Bertz CT molecular complexity index is 384. The van der Waals surface area contributed by atoms with Crippen molar-refractivity contribution in [1.82, 2.24) is 10.2 Å². The van der Waals surface area contributed by atoms with Gasteiger partial charge in [0, 0.05) is 38.7 Å². The summed E-state index contributed by atoms with van der Waals surface area (Å²) in [6.45, 7) is 6.11. The summed E-state index contributed by atoms with van der Waals surface area (Å²) < 4.78 is 10.3. The van der Waals surface area contributed by atoms with Crippen LogP contribution in [0.1, 0.15) is 19.8 Å². The summed E-state index contributed by atoms with van der Waals surface area (Å²) in [5, 5.41) is 3.27. The van der Waals surface area contributed by atoms with Crippen molar-refractivity contribution >= 4 is 35.9 Å². The molecule has 1 N–H and O–H groups in total. The van der Waals surface area contributed by atoms with Crippen molar-refractivity contribution in [2.45, 2.75) is 19.8 Å². The van der Waals surface area contributed by atoms with Crippen LogP contribution in [0.5, 0.6) is 0 Å². The van der Waals surface area contributed by atoms with Gasteiger partial charge in [-0.05, 0) is 12.8 Å². The van der Waals surface area contributed by atoms with E-state index in [1.165, 1.54) is 7.11 Å². The van der Waals surface area contributed by atoms with Crippen LogP contribution in [0.4, 0.5) is 0 Å². The number of rotatable bonds is 3. The molecule has 0 saturated carbocycles. The number of esters is 1. The van der Waals surface area contributed by atoms with E-state index in [-0.39, 0.29) is 35.9 Å². The van der Waals surface area contributed by atoms with Gasteiger partial charge in [-0.15, -0.1) is 24.0 Å². The second-order valence-electron chi connectivity index (χ2n) is 5.83. The van der Waals surface area contributed by atoms with Gasteiger partial charge in [0.1, 0.15) is 0 Å². The Labute approximate surface area is 143 Å². The van der Waals surface area contributed by atoms with Gasteiger partial charge in [-0.3, -0.25) is 9.79 Å². The van der Waals surface area contributed by atoms with E-state index >= 15 is 0 Å². The third-order valence-corrected chi connectivity index (χ3v) is 4.30. The number of methoxy groups -OCH3 is 1.